The van der Waals surface area contributed by atoms with E-state index in [1.54, 1.807) is 24.4 Å². The quantitative estimate of drug-likeness (QED) is 0.392. The summed E-state index contributed by atoms with van der Waals surface area (Å²) in [5, 5.41) is 12.7. The molecule has 0 aliphatic rings. The van der Waals surface area contributed by atoms with Gasteiger partial charge in [-0.3, -0.25) is 0 Å². The van der Waals surface area contributed by atoms with E-state index in [-0.39, 0.29) is 29.2 Å². The lowest BCUT2D eigenvalue weighted by Gasteiger charge is -2.05. The zero-order valence-corrected chi connectivity index (χ0v) is 16.9. The molecular weight excluding hydrogens is 476 g/mol. The molecule has 3 heterocycles. The molecule has 0 saturated carbocycles. The molecule has 0 N–H and O–H groups in total. The monoisotopic (exact) mass is 483 g/mol. The van der Waals surface area contributed by atoms with E-state index in [1.165, 1.54) is 22.9 Å². The number of ether oxygens (including phenoxy) is 1. The number of pyridine rings is 1. The molecule has 142 valence electrons. The van der Waals surface area contributed by atoms with Crippen molar-refractivity contribution in [2.24, 2.45) is 0 Å². The van der Waals surface area contributed by atoms with Gasteiger partial charge in [-0.05, 0) is 40.2 Å². The van der Waals surface area contributed by atoms with Gasteiger partial charge in [0.1, 0.15) is 21.9 Å². The predicted molar refractivity (Wildman–Crippen MR) is 103 cm³/mol. The average molecular weight is 485 g/mol. The van der Waals surface area contributed by atoms with Crippen molar-refractivity contribution in [1.29, 1.82) is 0 Å². The summed E-state index contributed by atoms with van der Waals surface area (Å²) >= 11 is 15.2. The minimum Gasteiger partial charge on any atom is -0.484 e. The van der Waals surface area contributed by atoms with Crippen LogP contribution in [0.25, 0.3) is 17.4 Å². The normalized spacial score (nSPS) is 11.0. The highest BCUT2D eigenvalue weighted by Crippen LogP contribution is 2.28. The molecule has 0 radical (unpaired) electrons. The van der Waals surface area contributed by atoms with Crippen LogP contribution in [0.15, 0.2) is 51.6 Å². The predicted octanol–water partition coefficient (Wildman–Crippen LogP) is 5.10. The van der Waals surface area contributed by atoms with Gasteiger partial charge in [0, 0.05) is 18.3 Å². The van der Waals surface area contributed by atoms with Gasteiger partial charge in [-0.2, -0.15) is 5.10 Å². The van der Waals surface area contributed by atoms with E-state index in [2.05, 4.69) is 36.2 Å². The first kappa shape index (κ1) is 18.9. The van der Waals surface area contributed by atoms with Gasteiger partial charge >= 0.3 is 0 Å². The number of halogens is 4. The summed E-state index contributed by atoms with van der Waals surface area (Å²) in [6.45, 7) is -0.0479. The highest BCUT2D eigenvalue weighted by atomic mass is 79.9. The van der Waals surface area contributed by atoms with Crippen molar-refractivity contribution in [1.82, 2.24) is 25.0 Å². The molecule has 0 bridgehead atoms. The fourth-order valence-corrected chi connectivity index (χ4v) is 3.02. The number of aromatic nitrogens is 5. The van der Waals surface area contributed by atoms with Crippen molar-refractivity contribution in [3.8, 4) is 23.2 Å². The van der Waals surface area contributed by atoms with Crippen LogP contribution in [0.1, 0.15) is 5.89 Å². The van der Waals surface area contributed by atoms with Crippen molar-refractivity contribution in [2.45, 2.75) is 6.61 Å². The van der Waals surface area contributed by atoms with Crippen molar-refractivity contribution >= 4 is 39.1 Å². The molecule has 3 aromatic heterocycles. The van der Waals surface area contributed by atoms with Gasteiger partial charge in [0.05, 0.1) is 10.0 Å². The summed E-state index contributed by atoms with van der Waals surface area (Å²) in [5.41, 5.74) is 0.490. The smallest absolute Gasteiger partial charge is 0.266 e. The maximum atomic E-state index is 13.5. The Balaban J connectivity index is 1.58. The van der Waals surface area contributed by atoms with Crippen LogP contribution in [0, 0.1) is 5.82 Å². The number of nitrogens with zero attached hydrogens (tertiary/aromatic N) is 5. The summed E-state index contributed by atoms with van der Waals surface area (Å²) < 4.78 is 26.6. The average Bonchev–Trinajstić information content (AvgIpc) is 3.29. The number of hydrogen-bond acceptors (Lipinski definition) is 6. The second-order valence-corrected chi connectivity index (χ2v) is 7.07. The first-order chi connectivity index (χ1) is 13.5. The molecule has 4 aromatic rings. The molecule has 0 unspecified atom stereocenters. The Morgan fingerprint density at radius 3 is 2.79 bits per heavy atom. The summed E-state index contributed by atoms with van der Waals surface area (Å²) in [7, 11) is 0. The third kappa shape index (κ3) is 3.87. The zero-order chi connectivity index (χ0) is 19.7. The molecule has 0 spiro atoms. The van der Waals surface area contributed by atoms with Crippen molar-refractivity contribution in [2.75, 3.05) is 0 Å². The SMILES string of the molecule is Fc1cc(OCc2nnc(-c3cc(Br)nn3-c3ncccc3Cl)o2)ccc1Cl. The molecule has 0 aliphatic heterocycles. The first-order valence-electron chi connectivity index (χ1n) is 7.78. The minimum atomic E-state index is -0.577. The van der Waals surface area contributed by atoms with Crippen LogP contribution < -0.4 is 4.74 Å². The van der Waals surface area contributed by atoms with Gasteiger partial charge in [0.25, 0.3) is 11.8 Å². The lowest BCUT2D eigenvalue weighted by atomic mass is 10.3. The maximum Gasteiger partial charge on any atom is 0.266 e. The van der Waals surface area contributed by atoms with Crippen LogP contribution in [-0.2, 0) is 6.61 Å². The zero-order valence-electron chi connectivity index (χ0n) is 13.8. The third-order valence-electron chi connectivity index (χ3n) is 3.56. The summed E-state index contributed by atoms with van der Waals surface area (Å²) in [6, 6.07) is 9.22. The molecule has 0 atom stereocenters. The second-order valence-electron chi connectivity index (χ2n) is 5.44. The van der Waals surface area contributed by atoms with Crippen LogP contribution >= 0.6 is 39.1 Å². The Bertz CT molecular complexity index is 1150. The van der Waals surface area contributed by atoms with Crippen LogP contribution in [0.3, 0.4) is 0 Å². The van der Waals surface area contributed by atoms with Gasteiger partial charge in [0.15, 0.2) is 12.4 Å². The first-order valence-corrected chi connectivity index (χ1v) is 9.33. The van der Waals surface area contributed by atoms with Crippen molar-refractivity contribution < 1.29 is 13.5 Å². The lowest BCUT2D eigenvalue weighted by molar-refractivity contribution is 0.263. The fraction of sp³-hybridized carbons (Fsp3) is 0.0588. The van der Waals surface area contributed by atoms with E-state index in [0.29, 0.717) is 21.1 Å². The molecule has 1 aromatic carbocycles. The van der Waals surface area contributed by atoms with E-state index in [1.807, 2.05) is 0 Å². The largest absolute Gasteiger partial charge is 0.484 e. The Morgan fingerprint density at radius 1 is 1.14 bits per heavy atom. The molecule has 0 aliphatic carbocycles. The van der Waals surface area contributed by atoms with Gasteiger partial charge in [0.2, 0.25) is 0 Å². The lowest BCUT2D eigenvalue weighted by Crippen LogP contribution is -2.02. The molecule has 0 saturated heterocycles. The molecule has 0 fully saturated rings. The Kier molecular flexibility index (Phi) is 5.29. The van der Waals surface area contributed by atoms with Crippen LogP contribution in [-0.4, -0.2) is 25.0 Å². The minimum absolute atomic E-state index is 0.0134. The van der Waals surface area contributed by atoms with Crippen molar-refractivity contribution in [3.63, 3.8) is 0 Å². The fourth-order valence-electron chi connectivity index (χ4n) is 2.33. The molecular formula is C17H9BrCl2FN5O2. The van der Waals surface area contributed by atoms with Gasteiger partial charge in [-0.1, -0.05) is 23.2 Å². The second kappa shape index (κ2) is 7.86. The highest BCUT2D eigenvalue weighted by Gasteiger charge is 2.19. The van der Waals surface area contributed by atoms with Gasteiger partial charge in [-0.15, -0.1) is 10.2 Å². The summed E-state index contributed by atoms with van der Waals surface area (Å²) in [5.74, 6) is 0.515. The maximum absolute atomic E-state index is 13.5. The van der Waals surface area contributed by atoms with Crippen LogP contribution in [0.4, 0.5) is 4.39 Å². The topological polar surface area (TPSA) is 78.9 Å². The van der Waals surface area contributed by atoms with Gasteiger partial charge in [-0.25, -0.2) is 14.1 Å². The molecule has 4 rings (SSSR count). The van der Waals surface area contributed by atoms with E-state index < -0.39 is 5.82 Å². The number of benzene rings is 1. The molecule has 28 heavy (non-hydrogen) atoms. The Morgan fingerprint density at radius 2 is 2.00 bits per heavy atom. The van der Waals surface area contributed by atoms with Crippen molar-refractivity contribution in [3.05, 3.63) is 69.0 Å². The van der Waals surface area contributed by atoms with E-state index in [4.69, 9.17) is 32.4 Å². The van der Waals surface area contributed by atoms with E-state index >= 15 is 0 Å². The Hall–Kier alpha value is -2.49. The molecule has 11 heteroatoms. The summed E-state index contributed by atoms with van der Waals surface area (Å²) in [4.78, 5) is 4.23. The van der Waals surface area contributed by atoms with Gasteiger partial charge < -0.3 is 9.15 Å². The summed E-state index contributed by atoms with van der Waals surface area (Å²) in [6.07, 6.45) is 1.60. The van der Waals surface area contributed by atoms with Crippen LogP contribution in [0.5, 0.6) is 5.75 Å². The van der Waals surface area contributed by atoms with E-state index in [9.17, 15) is 4.39 Å². The molecule has 0 amide bonds. The number of hydrogen-bond donors (Lipinski definition) is 0. The highest BCUT2D eigenvalue weighted by molar-refractivity contribution is 9.10. The number of rotatable bonds is 5. The standard InChI is InChI=1S/C17H9BrCl2FN5O2/c18-14-7-13(26(25-14)16-11(20)2-1-5-22-16)17-24-23-15(28-17)8-27-9-3-4-10(19)12(21)6-9/h1-7H,8H2. The third-order valence-corrected chi connectivity index (χ3v) is 4.55. The van der Waals surface area contributed by atoms with E-state index in [0.717, 1.165) is 0 Å². The Labute approximate surface area is 176 Å². The molecule has 7 nitrogen and oxygen atoms in total. The van der Waals surface area contributed by atoms with Crippen LogP contribution in [0.2, 0.25) is 10.0 Å².